The summed E-state index contributed by atoms with van der Waals surface area (Å²) in [6.07, 6.45) is 4.14. The number of hydrogen-bond acceptors (Lipinski definition) is 3. The summed E-state index contributed by atoms with van der Waals surface area (Å²) in [6.45, 7) is 3.53. The van der Waals surface area contributed by atoms with E-state index >= 15 is 0 Å². The zero-order valence-corrected chi connectivity index (χ0v) is 14.1. The van der Waals surface area contributed by atoms with Crippen molar-refractivity contribution in [2.75, 3.05) is 19.6 Å². The van der Waals surface area contributed by atoms with Crippen molar-refractivity contribution in [1.29, 1.82) is 0 Å². The summed E-state index contributed by atoms with van der Waals surface area (Å²) >= 11 is 5.16. The van der Waals surface area contributed by atoms with Crippen molar-refractivity contribution < 1.29 is 4.79 Å². The van der Waals surface area contributed by atoms with Crippen LogP contribution in [0.25, 0.3) is 0 Å². The average molecular weight is 368 g/mol. The van der Waals surface area contributed by atoms with Gasteiger partial charge in [0.1, 0.15) is 0 Å². The monoisotopic (exact) mass is 366 g/mol. The molecule has 0 unspecified atom stereocenters. The molecule has 0 aromatic carbocycles. The van der Waals surface area contributed by atoms with E-state index in [4.69, 9.17) is 0 Å². The molecule has 0 aliphatic carbocycles. The summed E-state index contributed by atoms with van der Waals surface area (Å²) in [5.41, 5.74) is 1.30. The Labute approximate surface area is 133 Å². The fourth-order valence-electron chi connectivity index (χ4n) is 2.16. The number of amides is 1. The Balaban J connectivity index is 0.00000180. The highest BCUT2D eigenvalue weighted by Gasteiger charge is 2.15. The number of halogens is 2. The van der Waals surface area contributed by atoms with E-state index in [1.54, 1.807) is 11.3 Å². The summed E-state index contributed by atoms with van der Waals surface area (Å²) in [6, 6.07) is 2.13. The van der Waals surface area contributed by atoms with E-state index in [2.05, 4.69) is 32.7 Å². The third-order valence-corrected chi connectivity index (χ3v) is 4.73. The van der Waals surface area contributed by atoms with Crippen LogP contribution < -0.4 is 5.32 Å². The zero-order valence-electron chi connectivity index (χ0n) is 10.9. The molecule has 1 aliphatic rings. The van der Waals surface area contributed by atoms with Crippen LogP contribution in [0.5, 0.6) is 0 Å². The van der Waals surface area contributed by atoms with Crippen LogP contribution in [0.2, 0.25) is 0 Å². The fourth-order valence-corrected chi connectivity index (χ4v) is 3.37. The number of nitrogens with one attached hydrogen (secondary N) is 1. The highest BCUT2D eigenvalue weighted by atomic mass is 79.9. The Bertz CT molecular complexity index is 400. The third kappa shape index (κ3) is 5.81. The Kier molecular flexibility index (Phi) is 7.99. The van der Waals surface area contributed by atoms with Crippen molar-refractivity contribution in [2.45, 2.75) is 32.2 Å². The van der Waals surface area contributed by atoms with E-state index in [0.29, 0.717) is 5.91 Å². The largest absolute Gasteiger partial charge is 0.341 e. The molecule has 0 saturated carbocycles. The van der Waals surface area contributed by atoms with Crippen LogP contribution in [-0.4, -0.2) is 30.4 Å². The minimum absolute atomic E-state index is 0. The molecule has 0 bridgehead atoms. The van der Waals surface area contributed by atoms with Gasteiger partial charge in [0, 0.05) is 32.6 Å². The Morgan fingerprint density at radius 1 is 1.37 bits per heavy atom. The van der Waals surface area contributed by atoms with Crippen molar-refractivity contribution in [1.82, 2.24) is 10.2 Å². The van der Waals surface area contributed by atoms with E-state index in [-0.39, 0.29) is 12.4 Å². The highest BCUT2D eigenvalue weighted by Crippen LogP contribution is 2.20. The molecule has 2 rings (SSSR count). The van der Waals surface area contributed by atoms with E-state index in [9.17, 15) is 4.79 Å². The van der Waals surface area contributed by atoms with Gasteiger partial charge < -0.3 is 10.2 Å². The average Bonchev–Trinajstić information content (AvgIpc) is 2.65. The van der Waals surface area contributed by atoms with E-state index in [1.807, 2.05) is 4.90 Å². The maximum atomic E-state index is 11.8. The van der Waals surface area contributed by atoms with E-state index in [1.165, 1.54) is 15.8 Å². The standard InChI is InChI=1S/C13H19BrN2OS.ClH/c14-12-8-11(10-18-12)9-15-5-7-16-6-3-1-2-4-13(16)17;/h8,10,15H,1-7,9H2;1H. The van der Waals surface area contributed by atoms with Gasteiger partial charge in [-0.05, 0) is 45.8 Å². The van der Waals surface area contributed by atoms with Gasteiger partial charge >= 0.3 is 0 Å². The van der Waals surface area contributed by atoms with Gasteiger partial charge in [-0.25, -0.2) is 0 Å². The van der Waals surface area contributed by atoms with E-state index < -0.39 is 0 Å². The molecule has 1 aromatic rings. The van der Waals surface area contributed by atoms with Gasteiger partial charge in [0.25, 0.3) is 0 Å². The lowest BCUT2D eigenvalue weighted by molar-refractivity contribution is -0.130. The lowest BCUT2D eigenvalue weighted by Gasteiger charge is -2.20. The topological polar surface area (TPSA) is 32.3 Å². The fraction of sp³-hybridized carbons (Fsp3) is 0.615. The number of hydrogen-bond donors (Lipinski definition) is 1. The molecule has 1 N–H and O–H groups in total. The van der Waals surface area contributed by atoms with E-state index in [0.717, 1.165) is 45.4 Å². The lowest BCUT2D eigenvalue weighted by Crippen LogP contribution is -2.36. The molecule has 1 saturated heterocycles. The lowest BCUT2D eigenvalue weighted by atomic mass is 10.2. The van der Waals surface area contributed by atoms with Crippen LogP contribution in [-0.2, 0) is 11.3 Å². The van der Waals surface area contributed by atoms with Gasteiger partial charge in [0.15, 0.2) is 0 Å². The van der Waals surface area contributed by atoms with Gasteiger partial charge in [0.05, 0.1) is 3.79 Å². The number of rotatable bonds is 5. The van der Waals surface area contributed by atoms with Crippen LogP contribution in [0.3, 0.4) is 0 Å². The first-order chi connectivity index (χ1) is 8.75. The SMILES string of the molecule is Cl.O=C1CCCCCN1CCNCc1csc(Br)c1. The second-order valence-electron chi connectivity index (χ2n) is 4.63. The molecule has 2 heterocycles. The van der Waals surface area contributed by atoms with Crippen LogP contribution in [0.4, 0.5) is 0 Å². The molecular formula is C13H20BrClN2OS. The van der Waals surface area contributed by atoms with Crippen LogP contribution >= 0.6 is 39.7 Å². The van der Waals surface area contributed by atoms with Gasteiger partial charge in [-0.1, -0.05) is 6.42 Å². The first kappa shape index (κ1) is 17.0. The smallest absolute Gasteiger partial charge is 0.222 e. The second kappa shape index (κ2) is 8.95. The maximum Gasteiger partial charge on any atom is 0.222 e. The number of carbonyl (C=O) groups excluding carboxylic acids is 1. The predicted octanol–water partition coefficient (Wildman–Crippen LogP) is 3.42. The molecule has 1 amide bonds. The van der Waals surface area contributed by atoms with Crippen LogP contribution in [0.1, 0.15) is 31.2 Å². The molecule has 0 atom stereocenters. The Morgan fingerprint density at radius 3 is 2.95 bits per heavy atom. The molecule has 19 heavy (non-hydrogen) atoms. The van der Waals surface area contributed by atoms with Crippen molar-refractivity contribution in [3.63, 3.8) is 0 Å². The molecular weight excluding hydrogens is 348 g/mol. The van der Waals surface area contributed by atoms with Crippen LogP contribution in [0.15, 0.2) is 15.2 Å². The summed E-state index contributed by atoms with van der Waals surface area (Å²) < 4.78 is 1.17. The minimum Gasteiger partial charge on any atom is -0.341 e. The van der Waals surface area contributed by atoms with Crippen molar-refractivity contribution in [3.8, 4) is 0 Å². The number of carbonyl (C=O) groups is 1. The summed E-state index contributed by atoms with van der Waals surface area (Å²) in [5.74, 6) is 0.326. The normalized spacial score (nSPS) is 16.1. The van der Waals surface area contributed by atoms with Crippen molar-refractivity contribution in [2.24, 2.45) is 0 Å². The first-order valence-electron chi connectivity index (χ1n) is 6.47. The maximum absolute atomic E-state index is 11.8. The molecule has 108 valence electrons. The molecule has 0 radical (unpaired) electrons. The van der Waals surface area contributed by atoms with Gasteiger partial charge in [0.2, 0.25) is 5.91 Å². The summed E-state index contributed by atoms with van der Waals surface area (Å²) in [5, 5.41) is 5.54. The molecule has 1 fully saturated rings. The quantitative estimate of drug-likeness (QED) is 0.809. The molecule has 3 nitrogen and oxygen atoms in total. The molecule has 1 aliphatic heterocycles. The zero-order chi connectivity index (χ0) is 12.8. The molecule has 0 spiro atoms. The van der Waals surface area contributed by atoms with Gasteiger partial charge in [-0.3, -0.25) is 4.79 Å². The second-order valence-corrected chi connectivity index (χ2v) is 6.92. The van der Waals surface area contributed by atoms with Crippen LogP contribution in [0, 0.1) is 0 Å². The molecule has 6 heteroatoms. The number of nitrogens with zero attached hydrogens (tertiary/aromatic N) is 1. The van der Waals surface area contributed by atoms with Gasteiger partial charge in [-0.2, -0.15) is 0 Å². The van der Waals surface area contributed by atoms with Crippen molar-refractivity contribution >= 4 is 45.6 Å². The first-order valence-corrected chi connectivity index (χ1v) is 8.14. The van der Waals surface area contributed by atoms with Crippen molar-refractivity contribution in [3.05, 3.63) is 20.8 Å². The Morgan fingerprint density at radius 2 is 2.21 bits per heavy atom. The van der Waals surface area contributed by atoms with Gasteiger partial charge in [-0.15, -0.1) is 23.7 Å². The minimum atomic E-state index is 0. The molecule has 1 aromatic heterocycles. The predicted molar refractivity (Wildman–Crippen MR) is 86.0 cm³/mol. The number of likely N-dealkylation sites (tertiary alicyclic amines) is 1. The Hall–Kier alpha value is -0.100. The summed E-state index contributed by atoms with van der Waals surface area (Å²) in [4.78, 5) is 13.8. The summed E-state index contributed by atoms with van der Waals surface area (Å²) in [7, 11) is 0. The third-order valence-electron chi connectivity index (χ3n) is 3.18. The number of thiophene rings is 1. The highest BCUT2D eigenvalue weighted by molar-refractivity contribution is 9.11.